The second kappa shape index (κ2) is 8.44. The van der Waals surface area contributed by atoms with Gasteiger partial charge < -0.3 is 14.2 Å². The van der Waals surface area contributed by atoms with Crippen LogP contribution < -0.4 is 9.47 Å². The number of ether oxygens (including phenoxy) is 3. The number of carbonyl (C=O) groups is 1. The fourth-order valence-electron chi connectivity index (χ4n) is 7.78. The standard InChI is InChI=1S/C28H34N2O6S/c1-18(31)36-28-13-12-21(30(3)37(32,33)17-19-8-6-5-7-9-19)26-27(28)14-15-29(2)23(28)16-20-10-11-22(34-4)25(35-26)24(20)27/h5-11,21,23,26H,12-17H2,1-4H3/t21?,23-,26?,27+,28-/m1/s1. The molecule has 0 radical (unpaired) electrons. The van der Waals surface area contributed by atoms with Gasteiger partial charge in [-0.3, -0.25) is 9.69 Å². The molecule has 0 amide bonds. The van der Waals surface area contributed by atoms with Crippen molar-refractivity contribution in [2.45, 2.75) is 67.6 Å². The van der Waals surface area contributed by atoms with Crippen molar-refractivity contribution in [2.75, 3.05) is 27.7 Å². The Morgan fingerprint density at radius 1 is 1.19 bits per heavy atom. The zero-order chi connectivity index (χ0) is 26.2. The van der Waals surface area contributed by atoms with E-state index in [-0.39, 0.29) is 17.8 Å². The van der Waals surface area contributed by atoms with E-state index in [2.05, 4.69) is 18.0 Å². The summed E-state index contributed by atoms with van der Waals surface area (Å²) in [6.45, 7) is 2.27. The molecule has 4 aliphatic rings. The third kappa shape index (κ3) is 3.33. The first-order valence-electron chi connectivity index (χ1n) is 12.9. The normalized spacial score (nSPS) is 32.0. The smallest absolute Gasteiger partial charge is 0.303 e. The SMILES string of the molecule is COc1ccc2c3c1OC1C(N(C)S(=O)(=O)Cc4ccccc4)CC[C@@]4(OC(C)=O)[C@@H](C2)N(C)CC[C@]314. The van der Waals surface area contributed by atoms with Crippen LogP contribution in [0.25, 0.3) is 0 Å². The van der Waals surface area contributed by atoms with Crippen LogP contribution in [0.4, 0.5) is 0 Å². The Balaban J connectivity index is 1.50. The average molecular weight is 527 g/mol. The second-order valence-corrected chi connectivity index (χ2v) is 13.0. The largest absolute Gasteiger partial charge is 0.493 e. The van der Waals surface area contributed by atoms with Gasteiger partial charge in [-0.05, 0) is 56.5 Å². The molecule has 2 unspecified atom stereocenters. The van der Waals surface area contributed by atoms with E-state index < -0.39 is 33.2 Å². The van der Waals surface area contributed by atoms with Crippen molar-refractivity contribution in [1.29, 1.82) is 0 Å². The molecule has 198 valence electrons. The Hall–Kier alpha value is -2.62. The number of benzene rings is 2. The van der Waals surface area contributed by atoms with Crippen LogP contribution in [0.3, 0.4) is 0 Å². The zero-order valence-electron chi connectivity index (χ0n) is 21.8. The van der Waals surface area contributed by atoms with Gasteiger partial charge in [0.25, 0.3) is 0 Å². The summed E-state index contributed by atoms with van der Waals surface area (Å²) in [5.41, 5.74) is 1.48. The lowest BCUT2D eigenvalue weighted by Crippen LogP contribution is -2.78. The molecule has 1 saturated heterocycles. The van der Waals surface area contributed by atoms with Crippen molar-refractivity contribution in [3.63, 3.8) is 0 Å². The molecule has 8 nitrogen and oxygen atoms in total. The minimum atomic E-state index is -3.64. The van der Waals surface area contributed by atoms with E-state index in [9.17, 15) is 13.2 Å². The predicted octanol–water partition coefficient (Wildman–Crippen LogP) is 2.88. The first kappa shape index (κ1) is 24.7. The number of likely N-dealkylation sites (N-methyl/N-ethyl adjacent to an activating group) is 2. The average Bonchev–Trinajstić information content (AvgIpc) is 3.21. The highest BCUT2D eigenvalue weighted by atomic mass is 32.2. The van der Waals surface area contributed by atoms with Crippen LogP contribution in [0.2, 0.25) is 0 Å². The van der Waals surface area contributed by atoms with E-state index in [1.807, 2.05) is 36.4 Å². The minimum Gasteiger partial charge on any atom is -0.493 e. The van der Waals surface area contributed by atoms with Crippen molar-refractivity contribution < 1.29 is 27.4 Å². The summed E-state index contributed by atoms with van der Waals surface area (Å²) in [5.74, 6) is 0.903. The zero-order valence-corrected chi connectivity index (χ0v) is 22.6. The van der Waals surface area contributed by atoms with Crippen LogP contribution >= 0.6 is 0 Å². The number of esters is 1. The second-order valence-electron chi connectivity index (χ2n) is 10.9. The van der Waals surface area contributed by atoms with Crippen molar-refractivity contribution in [2.24, 2.45) is 0 Å². The van der Waals surface area contributed by atoms with Gasteiger partial charge >= 0.3 is 5.97 Å². The van der Waals surface area contributed by atoms with Crippen molar-refractivity contribution >= 4 is 16.0 Å². The van der Waals surface area contributed by atoms with E-state index in [4.69, 9.17) is 14.2 Å². The molecule has 5 atom stereocenters. The quantitative estimate of drug-likeness (QED) is 0.535. The third-order valence-corrected chi connectivity index (χ3v) is 11.1. The van der Waals surface area contributed by atoms with Crippen LogP contribution in [0.1, 0.15) is 42.9 Å². The summed E-state index contributed by atoms with van der Waals surface area (Å²) in [6, 6.07) is 12.8. The monoisotopic (exact) mass is 526 g/mol. The maximum absolute atomic E-state index is 13.7. The molecular formula is C28H34N2O6S. The van der Waals surface area contributed by atoms with Gasteiger partial charge in [0.1, 0.15) is 11.7 Å². The van der Waals surface area contributed by atoms with Crippen molar-refractivity contribution in [3.05, 3.63) is 59.2 Å². The number of sulfonamides is 1. The van der Waals surface area contributed by atoms with E-state index in [1.54, 1.807) is 14.2 Å². The first-order chi connectivity index (χ1) is 17.6. The van der Waals surface area contributed by atoms with Gasteiger partial charge in [-0.1, -0.05) is 36.4 Å². The Morgan fingerprint density at radius 3 is 2.65 bits per heavy atom. The summed E-state index contributed by atoms with van der Waals surface area (Å²) in [6.07, 6.45) is 2.03. The lowest BCUT2D eigenvalue weighted by atomic mass is 9.48. The Morgan fingerprint density at radius 2 is 1.95 bits per heavy atom. The predicted molar refractivity (Wildman–Crippen MR) is 138 cm³/mol. The van der Waals surface area contributed by atoms with E-state index in [0.29, 0.717) is 30.8 Å². The molecule has 2 fully saturated rings. The fraction of sp³-hybridized carbons (Fsp3) is 0.536. The maximum atomic E-state index is 13.7. The summed E-state index contributed by atoms with van der Waals surface area (Å²) < 4.78 is 47.7. The highest BCUT2D eigenvalue weighted by Crippen LogP contribution is 2.67. The van der Waals surface area contributed by atoms with Gasteiger partial charge in [0, 0.05) is 19.5 Å². The Bertz CT molecular complexity index is 1350. The molecule has 1 spiro atoms. The number of rotatable bonds is 6. The molecule has 0 aromatic heterocycles. The molecule has 6 rings (SSSR count). The molecule has 2 bridgehead atoms. The number of carbonyl (C=O) groups excluding carboxylic acids is 1. The molecular weight excluding hydrogens is 492 g/mol. The van der Waals surface area contributed by atoms with E-state index in [1.165, 1.54) is 11.2 Å². The molecule has 2 aromatic carbocycles. The summed E-state index contributed by atoms with van der Waals surface area (Å²) >= 11 is 0. The molecule has 0 N–H and O–H groups in total. The van der Waals surface area contributed by atoms with Crippen LogP contribution in [-0.2, 0) is 37.1 Å². The highest BCUT2D eigenvalue weighted by molar-refractivity contribution is 7.88. The van der Waals surface area contributed by atoms with Gasteiger partial charge in [-0.15, -0.1) is 0 Å². The molecule has 1 saturated carbocycles. The molecule has 2 aliphatic heterocycles. The van der Waals surface area contributed by atoms with E-state index >= 15 is 0 Å². The lowest BCUT2D eigenvalue weighted by Gasteiger charge is -2.65. The number of methoxy groups -OCH3 is 1. The number of hydrogen-bond acceptors (Lipinski definition) is 7. The molecule has 37 heavy (non-hydrogen) atoms. The maximum Gasteiger partial charge on any atom is 0.303 e. The van der Waals surface area contributed by atoms with Crippen LogP contribution in [0.15, 0.2) is 42.5 Å². The molecule has 2 heterocycles. The van der Waals surface area contributed by atoms with Crippen LogP contribution in [-0.4, -0.2) is 75.1 Å². The van der Waals surface area contributed by atoms with Gasteiger partial charge in [-0.2, -0.15) is 4.31 Å². The number of hydrogen-bond donors (Lipinski definition) is 0. The van der Waals surface area contributed by atoms with E-state index in [0.717, 1.165) is 29.7 Å². The topological polar surface area (TPSA) is 85.4 Å². The van der Waals surface area contributed by atoms with Gasteiger partial charge in [0.05, 0.1) is 30.4 Å². The third-order valence-electron chi connectivity index (χ3n) is 9.29. The Kier molecular flexibility index (Phi) is 5.64. The van der Waals surface area contributed by atoms with Gasteiger partial charge in [0.2, 0.25) is 10.0 Å². The van der Waals surface area contributed by atoms with Gasteiger partial charge in [-0.25, -0.2) is 8.42 Å². The Labute approximate surface area is 218 Å². The molecule has 2 aliphatic carbocycles. The fourth-order valence-corrected chi connectivity index (χ4v) is 9.22. The summed E-state index contributed by atoms with van der Waals surface area (Å²) in [4.78, 5) is 14.9. The number of nitrogens with zero attached hydrogens (tertiary/aromatic N) is 2. The minimum absolute atomic E-state index is 0.0183. The lowest BCUT2D eigenvalue weighted by molar-refractivity contribution is -0.218. The number of likely N-dealkylation sites (tertiary alicyclic amines) is 1. The van der Waals surface area contributed by atoms with Crippen molar-refractivity contribution in [3.8, 4) is 11.5 Å². The summed E-state index contributed by atoms with van der Waals surface area (Å²) in [5, 5.41) is 0. The van der Waals surface area contributed by atoms with Crippen LogP contribution in [0, 0.1) is 0 Å². The van der Waals surface area contributed by atoms with Crippen LogP contribution in [0.5, 0.6) is 11.5 Å². The summed E-state index contributed by atoms with van der Waals surface area (Å²) in [7, 11) is 1.73. The van der Waals surface area contributed by atoms with Gasteiger partial charge in [0.15, 0.2) is 11.5 Å². The molecule has 9 heteroatoms. The molecule has 2 aromatic rings. The van der Waals surface area contributed by atoms with Crippen molar-refractivity contribution in [1.82, 2.24) is 9.21 Å². The number of piperidine rings is 1. The first-order valence-corrected chi connectivity index (χ1v) is 14.5. The highest BCUT2D eigenvalue weighted by Gasteiger charge is 2.75.